The molecule has 0 spiro atoms. The van der Waals surface area contributed by atoms with Crippen LogP contribution in [0.5, 0.6) is 0 Å². The Bertz CT molecular complexity index is 812. The van der Waals surface area contributed by atoms with Crippen molar-refractivity contribution in [3.63, 3.8) is 0 Å². The second-order valence-corrected chi connectivity index (χ2v) is 7.06. The molecule has 1 atom stereocenters. The van der Waals surface area contributed by atoms with E-state index in [1.54, 1.807) is 4.90 Å². The highest BCUT2D eigenvalue weighted by Crippen LogP contribution is 2.20. The maximum atomic E-state index is 12.9. The number of nitrogens with one attached hydrogen (secondary N) is 1. The van der Waals surface area contributed by atoms with Crippen LogP contribution in [-0.2, 0) is 4.79 Å². The topological polar surface area (TPSA) is 93.2 Å². The Hall–Kier alpha value is -2.67. The summed E-state index contributed by atoms with van der Waals surface area (Å²) in [6.45, 7) is 5.98. The average molecular weight is 369 g/mol. The third kappa shape index (κ3) is 4.36. The number of carbonyl (C=O) groups excluding carboxylic acids is 2. The highest BCUT2D eigenvalue weighted by atomic mass is 16.2. The van der Waals surface area contributed by atoms with E-state index in [2.05, 4.69) is 10.4 Å². The van der Waals surface area contributed by atoms with Crippen LogP contribution in [-0.4, -0.2) is 52.7 Å². The molecule has 1 fully saturated rings. The molecule has 0 bridgehead atoms. The maximum Gasteiger partial charge on any atom is 0.253 e. The van der Waals surface area contributed by atoms with Crippen molar-refractivity contribution in [2.45, 2.75) is 26.7 Å². The van der Waals surface area contributed by atoms with E-state index in [1.807, 2.05) is 48.9 Å². The van der Waals surface area contributed by atoms with E-state index in [1.165, 1.54) is 0 Å². The zero-order chi connectivity index (χ0) is 19.4. The minimum Gasteiger partial charge on any atom is -0.355 e. The summed E-state index contributed by atoms with van der Waals surface area (Å²) in [5, 5.41) is 7.29. The first-order valence-corrected chi connectivity index (χ1v) is 9.40. The lowest BCUT2D eigenvalue weighted by Crippen LogP contribution is -2.46. The summed E-state index contributed by atoms with van der Waals surface area (Å²) in [6.07, 6.45) is 1.63. The van der Waals surface area contributed by atoms with Gasteiger partial charge in [0.2, 0.25) is 5.91 Å². The molecule has 3 rings (SSSR count). The van der Waals surface area contributed by atoms with E-state index in [0.717, 1.165) is 29.9 Å². The second kappa shape index (κ2) is 8.35. The van der Waals surface area contributed by atoms with Crippen molar-refractivity contribution in [2.75, 3.05) is 26.2 Å². The van der Waals surface area contributed by atoms with Crippen LogP contribution in [0.15, 0.2) is 30.3 Å². The predicted octanol–water partition coefficient (Wildman–Crippen LogP) is 1.42. The first-order valence-electron chi connectivity index (χ1n) is 9.40. The second-order valence-electron chi connectivity index (χ2n) is 7.06. The number of aromatic nitrogens is 2. The number of nitrogens with two attached hydrogens (primary N) is 1. The van der Waals surface area contributed by atoms with Gasteiger partial charge in [-0.25, -0.2) is 4.68 Å². The molecule has 1 aromatic carbocycles. The predicted molar refractivity (Wildman–Crippen MR) is 104 cm³/mol. The SMILES string of the molecule is Cc1cc(C)n(-c2ccc(C(=O)N3CCCC(C(=O)NCCN)C3)cc2)n1. The maximum absolute atomic E-state index is 12.9. The number of likely N-dealkylation sites (tertiary alicyclic amines) is 1. The van der Waals surface area contributed by atoms with Crippen LogP contribution in [0.25, 0.3) is 5.69 Å². The van der Waals surface area contributed by atoms with Crippen LogP contribution in [0, 0.1) is 19.8 Å². The molecule has 1 saturated heterocycles. The summed E-state index contributed by atoms with van der Waals surface area (Å²) >= 11 is 0. The van der Waals surface area contributed by atoms with E-state index in [-0.39, 0.29) is 17.7 Å². The molecule has 0 aliphatic carbocycles. The van der Waals surface area contributed by atoms with Crippen LogP contribution >= 0.6 is 0 Å². The number of aryl methyl sites for hydroxylation is 2. The average Bonchev–Trinajstić information content (AvgIpc) is 3.03. The lowest BCUT2D eigenvalue weighted by Gasteiger charge is -2.32. The van der Waals surface area contributed by atoms with Gasteiger partial charge in [-0.05, 0) is 57.0 Å². The molecule has 0 saturated carbocycles. The van der Waals surface area contributed by atoms with Crippen LogP contribution in [0.3, 0.4) is 0 Å². The van der Waals surface area contributed by atoms with E-state index in [9.17, 15) is 9.59 Å². The standard InChI is InChI=1S/C20H27N5O2/c1-14-12-15(2)25(23-14)18-7-5-16(6-8-18)20(27)24-11-3-4-17(13-24)19(26)22-10-9-21/h5-8,12,17H,3-4,9-11,13,21H2,1-2H3,(H,22,26). The molecule has 2 amide bonds. The van der Waals surface area contributed by atoms with Crippen LogP contribution in [0.2, 0.25) is 0 Å². The van der Waals surface area contributed by atoms with Crippen LogP contribution in [0.4, 0.5) is 0 Å². The van der Waals surface area contributed by atoms with Crippen LogP contribution in [0.1, 0.15) is 34.6 Å². The van der Waals surface area contributed by atoms with Gasteiger partial charge in [-0.1, -0.05) is 0 Å². The van der Waals surface area contributed by atoms with Crippen molar-refractivity contribution in [3.05, 3.63) is 47.3 Å². The number of hydrogen-bond acceptors (Lipinski definition) is 4. The summed E-state index contributed by atoms with van der Waals surface area (Å²) in [7, 11) is 0. The fraction of sp³-hybridized carbons (Fsp3) is 0.450. The van der Waals surface area contributed by atoms with Crippen molar-refractivity contribution >= 4 is 11.8 Å². The number of piperidine rings is 1. The zero-order valence-electron chi connectivity index (χ0n) is 15.9. The van der Waals surface area contributed by atoms with Crippen LogP contribution < -0.4 is 11.1 Å². The number of amides is 2. The van der Waals surface area contributed by atoms with Gasteiger partial charge < -0.3 is 16.0 Å². The third-order valence-corrected chi connectivity index (χ3v) is 4.89. The molecular weight excluding hydrogens is 342 g/mol. The molecule has 0 radical (unpaired) electrons. The zero-order valence-corrected chi connectivity index (χ0v) is 15.9. The van der Waals surface area contributed by atoms with Gasteiger partial charge in [0.25, 0.3) is 5.91 Å². The van der Waals surface area contributed by atoms with Crippen molar-refractivity contribution in [1.82, 2.24) is 20.0 Å². The van der Waals surface area contributed by atoms with Gasteiger partial charge in [0.1, 0.15) is 0 Å². The highest BCUT2D eigenvalue weighted by molar-refractivity contribution is 5.95. The Morgan fingerprint density at radius 3 is 2.63 bits per heavy atom. The van der Waals surface area contributed by atoms with Crippen molar-refractivity contribution in [3.8, 4) is 5.69 Å². The van der Waals surface area contributed by atoms with E-state index < -0.39 is 0 Å². The third-order valence-electron chi connectivity index (χ3n) is 4.89. The molecule has 3 N–H and O–H groups in total. The molecular formula is C20H27N5O2. The summed E-state index contributed by atoms with van der Waals surface area (Å²) in [6, 6.07) is 9.48. The highest BCUT2D eigenvalue weighted by Gasteiger charge is 2.28. The Balaban J connectivity index is 1.68. The fourth-order valence-electron chi connectivity index (χ4n) is 3.53. The molecule has 1 aliphatic heterocycles. The summed E-state index contributed by atoms with van der Waals surface area (Å²) in [5.74, 6) is -0.215. The molecule has 27 heavy (non-hydrogen) atoms. The van der Waals surface area contributed by atoms with Crippen molar-refractivity contribution in [2.24, 2.45) is 11.7 Å². The monoisotopic (exact) mass is 369 g/mol. The number of carbonyl (C=O) groups is 2. The van der Waals surface area contributed by atoms with Crippen molar-refractivity contribution in [1.29, 1.82) is 0 Å². The largest absolute Gasteiger partial charge is 0.355 e. The summed E-state index contributed by atoms with van der Waals surface area (Å²) < 4.78 is 1.86. The van der Waals surface area contributed by atoms with Gasteiger partial charge in [0, 0.05) is 37.4 Å². The molecule has 1 unspecified atom stereocenters. The first-order chi connectivity index (χ1) is 13.0. The van der Waals surface area contributed by atoms with Gasteiger partial charge in [-0.3, -0.25) is 9.59 Å². The number of hydrogen-bond donors (Lipinski definition) is 2. The summed E-state index contributed by atoms with van der Waals surface area (Å²) in [4.78, 5) is 26.8. The van der Waals surface area contributed by atoms with Crippen molar-refractivity contribution < 1.29 is 9.59 Å². The van der Waals surface area contributed by atoms with Gasteiger partial charge in [-0.2, -0.15) is 5.10 Å². The van der Waals surface area contributed by atoms with E-state index in [0.29, 0.717) is 31.7 Å². The van der Waals surface area contributed by atoms with E-state index in [4.69, 9.17) is 5.73 Å². The molecule has 7 nitrogen and oxygen atoms in total. The first kappa shape index (κ1) is 19.1. The Morgan fingerprint density at radius 2 is 2.00 bits per heavy atom. The molecule has 7 heteroatoms. The minimum atomic E-state index is -0.164. The lowest BCUT2D eigenvalue weighted by atomic mass is 9.96. The molecule has 144 valence electrons. The molecule has 1 aliphatic rings. The van der Waals surface area contributed by atoms with Gasteiger partial charge in [0.15, 0.2) is 0 Å². The number of benzene rings is 1. The quantitative estimate of drug-likeness (QED) is 0.833. The minimum absolute atomic E-state index is 0.0159. The van der Waals surface area contributed by atoms with E-state index >= 15 is 0 Å². The smallest absolute Gasteiger partial charge is 0.253 e. The Kier molecular flexibility index (Phi) is 5.91. The Labute approximate surface area is 159 Å². The fourth-order valence-corrected chi connectivity index (χ4v) is 3.53. The number of rotatable bonds is 5. The molecule has 1 aromatic heterocycles. The van der Waals surface area contributed by atoms with Gasteiger partial charge in [-0.15, -0.1) is 0 Å². The van der Waals surface area contributed by atoms with Gasteiger partial charge in [0.05, 0.1) is 17.3 Å². The van der Waals surface area contributed by atoms with Gasteiger partial charge >= 0.3 is 0 Å². The lowest BCUT2D eigenvalue weighted by molar-refractivity contribution is -0.126. The normalized spacial score (nSPS) is 17.0. The molecule has 2 aromatic rings. The number of nitrogens with zero attached hydrogens (tertiary/aromatic N) is 3. The summed E-state index contributed by atoms with van der Waals surface area (Å²) in [5.41, 5.74) is 9.00. The molecule has 2 heterocycles. The Morgan fingerprint density at radius 1 is 1.26 bits per heavy atom.